The van der Waals surface area contributed by atoms with E-state index >= 15 is 0 Å². The Morgan fingerprint density at radius 2 is 1.84 bits per heavy atom. The average Bonchev–Trinajstić information content (AvgIpc) is 3.23. The molecule has 2 fully saturated rings. The topological polar surface area (TPSA) is 61.9 Å². The number of rotatable bonds is 6. The second-order valence-corrected chi connectivity index (χ2v) is 11.1. The number of ether oxygens (including phenoxy) is 1. The fourth-order valence-electron chi connectivity index (χ4n) is 4.42. The minimum absolute atomic E-state index is 0.127. The summed E-state index contributed by atoms with van der Waals surface area (Å²) in [5.41, 5.74) is -0.473. The van der Waals surface area contributed by atoms with Crippen LogP contribution in [0.5, 0.6) is 0 Å². The summed E-state index contributed by atoms with van der Waals surface area (Å²) < 4.78 is 5.46. The van der Waals surface area contributed by atoms with E-state index in [-0.39, 0.29) is 18.0 Å². The Labute approximate surface area is 191 Å². The minimum Gasteiger partial charge on any atom is -0.444 e. The van der Waals surface area contributed by atoms with Gasteiger partial charge in [0.25, 0.3) is 0 Å². The van der Waals surface area contributed by atoms with E-state index in [1.165, 1.54) is 17.7 Å². The predicted molar refractivity (Wildman–Crippen MR) is 125 cm³/mol. The molecule has 1 aromatic heterocycles. The van der Waals surface area contributed by atoms with E-state index in [0.29, 0.717) is 32.0 Å². The number of hydrogen-bond donors (Lipinski definition) is 1. The van der Waals surface area contributed by atoms with Crippen molar-refractivity contribution in [2.75, 3.05) is 32.7 Å². The van der Waals surface area contributed by atoms with Gasteiger partial charge in [0.1, 0.15) is 5.60 Å². The normalized spacial score (nSPS) is 20.5. The summed E-state index contributed by atoms with van der Waals surface area (Å²) in [5.74, 6) is 1.25. The number of thiophene rings is 1. The summed E-state index contributed by atoms with van der Waals surface area (Å²) in [6.45, 7) is 12.2. The predicted octanol–water partition coefficient (Wildman–Crippen LogP) is 4.67. The van der Waals surface area contributed by atoms with Crippen molar-refractivity contribution in [3.05, 3.63) is 22.4 Å². The fourth-order valence-corrected chi connectivity index (χ4v) is 5.28. The minimum atomic E-state index is -0.473. The standard InChI is InChI=1S/C24H39N3O3S/c1-18-7-11-26(12-8-18)20(21-6-5-15-31-21)17-25-22(28)16-19-9-13-27(14-10-19)23(29)30-24(2,3)4/h5-6,15,18-20H,7-14,16-17H2,1-4H3,(H,25,28). The highest BCUT2D eigenvalue weighted by atomic mass is 32.1. The van der Waals surface area contributed by atoms with Gasteiger partial charge in [0.2, 0.25) is 5.91 Å². The van der Waals surface area contributed by atoms with Crippen LogP contribution in [0.15, 0.2) is 17.5 Å². The number of nitrogens with zero attached hydrogens (tertiary/aromatic N) is 2. The lowest BCUT2D eigenvalue weighted by atomic mass is 9.93. The van der Waals surface area contributed by atoms with Gasteiger partial charge in [-0.25, -0.2) is 4.79 Å². The van der Waals surface area contributed by atoms with E-state index in [9.17, 15) is 9.59 Å². The highest BCUT2D eigenvalue weighted by Gasteiger charge is 2.29. The van der Waals surface area contributed by atoms with Crippen LogP contribution >= 0.6 is 11.3 Å². The lowest BCUT2D eigenvalue weighted by Crippen LogP contribution is -2.43. The van der Waals surface area contributed by atoms with Crippen molar-refractivity contribution in [3.63, 3.8) is 0 Å². The molecule has 0 radical (unpaired) electrons. The van der Waals surface area contributed by atoms with Crippen molar-refractivity contribution in [1.82, 2.24) is 15.1 Å². The van der Waals surface area contributed by atoms with E-state index in [1.807, 2.05) is 20.8 Å². The van der Waals surface area contributed by atoms with Crippen LogP contribution in [0, 0.1) is 11.8 Å². The zero-order chi connectivity index (χ0) is 22.4. The molecule has 1 N–H and O–H groups in total. The van der Waals surface area contributed by atoms with Crippen molar-refractivity contribution in [1.29, 1.82) is 0 Å². The molecule has 0 aromatic carbocycles. The van der Waals surface area contributed by atoms with Gasteiger partial charge in [-0.2, -0.15) is 0 Å². The Morgan fingerprint density at radius 1 is 1.16 bits per heavy atom. The van der Waals surface area contributed by atoms with Crippen LogP contribution < -0.4 is 5.32 Å². The summed E-state index contributed by atoms with van der Waals surface area (Å²) in [5, 5.41) is 5.33. The quantitative estimate of drug-likeness (QED) is 0.685. The van der Waals surface area contributed by atoms with E-state index in [0.717, 1.165) is 31.8 Å². The van der Waals surface area contributed by atoms with Gasteiger partial charge in [-0.15, -0.1) is 11.3 Å². The first-order chi connectivity index (χ1) is 14.7. The molecule has 174 valence electrons. The first-order valence-corrected chi connectivity index (χ1v) is 12.6. The number of nitrogens with one attached hydrogen (secondary N) is 1. The number of amides is 2. The van der Waals surface area contributed by atoms with Crippen LogP contribution in [0.25, 0.3) is 0 Å². The smallest absolute Gasteiger partial charge is 0.410 e. The van der Waals surface area contributed by atoms with Crippen molar-refractivity contribution in [2.24, 2.45) is 11.8 Å². The van der Waals surface area contributed by atoms with Gasteiger partial charge in [-0.3, -0.25) is 9.69 Å². The van der Waals surface area contributed by atoms with Gasteiger partial charge < -0.3 is 15.0 Å². The Balaban J connectivity index is 1.44. The maximum Gasteiger partial charge on any atom is 0.410 e. The zero-order valence-corrected chi connectivity index (χ0v) is 20.4. The molecule has 6 nitrogen and oxygen atoms in total. The van der Waals surface area contributed by atoms with Gasteiger partial charge in [0.15, 0.2) is 0 Å². The van der Waals surface area contributed by atoms with Crippen molar-refractivity contribution in [2.45, 2.75) is 71.4 Å². The molecule has 0 aliphatic carbocycles. The molecule has 7 heteroatoms. The number of piperidine rings is 2. The Bertz CT molecular complexity index is 700. The van der Waals surface area contributed by atoms with Crippen LogP contribution in [0.1, 0.15) is 70.7 Å². The molecular formula is C24H39N3O3S. The van der Waals surface area contributed by atoms with Crippen LogP contribution in [-0.4, -0.2) is 60.1 Å². The van der Waals surface area contributed by atoms with Crippen LogP contribution in [0.2, 0.25) is 0 Å². The fraction of sp³-hybridized carbons (Fsp3) is 0.750. The summed E-state index contributed by atoms with van der Waals surface area (Å²) >= 11 is 1.78. The van der Waals surface area contributed by atoms with Gasteiger partial charge in [-0.1, -0.05) is 13.0 Å². The summed E-state index contributed by atoms with van der Waals surface area (Å²) in [7, 11) is 0. The Hall–Kier alpha value is -1.60. The third kappa shape index (κ3) is 7.49. The number of carbonyl (C=O) groups is 2. The van der Waals surface area contributed by atoms with E-state index in [1.54, 1.807) is 16.2 Å². The molecule has 3 heterocycles. The van der Waals surface area contributed by atoms with Gasteiger partial charge >= 0.3 is 6.09 Å². The molecule has 2 aliphatic heterocycles. The lowest BCUT2D eigenvalue weighted by molar-refractivity contribution is -0.122. The van der Waals surface area contributed by atoms with Gasteiger partial charge in [-0.05, 0) is 82.8 Å². The Morgan fingerprint density at radius 3 is 2.42 bits per heavy atom. The zero-order valence-electron chi connectivity index (χ0n) is 19.6. The van der Waals surface area contributed by atoms with Crippen LogP contribution in [-0.2, 0) is 9.53 Å². The summed E-state index contributed by atoms with van der Waals surface area (Å²) in [6.07, 6.45) is 4.45. The maximum absolute atomic E-state index is 12.7. The largest absolute Gasteiger partial charge is 0.444 e. The van der Waals surface area contributed by atoms with Crippen molar-refractivity contribution >= 4 is 23.3 Å². The molecule has 1 unspecified atom stereocenters. The number of likely N-dealkylation sites (tertiary alicyclic amines) is 2. The SMILES string of the molecule is CC1CCN(C(CNC(=O)CC2CCN(C(=O)OC(C)(C)C)CC2)c2cccs2)CC1. The number of carbonyl (C=O) groups excluding carboxylic acids is 2. The molecule has 1 aromatic rings. The average molecular weight is 450 g/mol. The first-order valence-electron chi connectivity index (χ1n) is 11.7. The molecule has 1 atom stereocenters. The van der Waals surface area contributed by atoms with Crippen LogP contribution in [0.4, 0.5) is 4.79 Å². The molecule has 2 saturated heterocycles. The maximum atomic E-state index is 12.7. The van der Waals surface area contributed by atoms with E-state index in [2.05, 4.69) is 34.7 Å². The molecule has 0 spiro atoms. The molecule has 31 heavy (non-hydrogen) atoms. The molecule has 0 bridgehead atoms. The van der Waals surface area contributed by atoms with E-state index in [4.69, 9.17) is 4.74 Å². The third-order valence-electron chi connectivity index (χ3n) is 6.36. The van der Waals surface area contributed by atoms with E-state index < -0.39 is 5.60 Å². The monoisotopic (exact) mass is 449 g/mol. The second-order valence-electron chi connectivity index (χ2n) is 10.2. The third-order valence-corrected chi connectivity index (χ3v) is 7.34. The molecule has 3 rings (SSSR count). The highest BCUT2D eigenvalue weighted by Crippen LogP contribution is 2.29. The Kier molecular flexibility index (Phi) is 8.39. The molecule has 2 amide bonds. The summed E-state index contributed by atoms with van der Waals surface area (Å²) in [4.78, 5) is 30.6. The highest BCUT2D eigenvalue weighted by molar-refractivity contribution is 7.10. The molecule has 0 saturated carbocycles. The first kappa shape index (κ1) is 24.1. The lowest BCUT2D eigenvalue weighted by Gasteiger charge is -2.36. The van der Waals surface area contributed by atoms with Gasteiger partial charge in [0.05, 0.1) is 6.04 Å². The molecular weight excluding hydrogens is 410 g/mol. The van der Waals surface area contributed by atoms with Gasteiger partial charge in [0, 0.05) is 30.9 Å². The van der Waals surface area contributed by atoms with Crippen molar-refractivity contribution in [3.8, 4) is 0 Å². The second kappa shape index (κ2) is 10.8. The molecule has 2 aliphatic rings. The summed E-state index contributed by atoms with van der Waals surface area (Å²) in [6, 6.07) is 4.55. The number of hydrogen-bond acceptors (Lipinski definition) is 5. The van der Waals surface area contributed by atoms with Crippen molar-refractivity contribution < 1.29 is 14.3 Å². The van der Waals surface area contributed by atoms with Crippen LogP contribution in [0.3, 0.4) is 0 Å².